The summed E-state index contributed by atoms with van der Waals surface area (Å²) in [5, 5.41) is 13.7. The summed E-state index contributed by atoms with van der Waals surface area (Å²) in [6, 6.07) is 6.52. The monoisotopic (exact) mass is 687 g/mol. The third kappa shape index (κ3) is 8.88. The van der Waals surface area contributed by atoms with Crippen molar-refractivity contribution in [1.82, 2.24) is 39.9 Å². The lowest BCUT2D eigenvalue weighted by atomic mass is 9.92. The lowest BCUT2D eigenvalue weighted by molar-refractivity contribution is -0.146. The second-order valence-corrected chi connectivity index (χ2v) is 14.1. The number of fused-ring (bicyclic) bond motifs is 1. The molecule has 2 amide bonds. The number of pyridine rings is 1. The molecule has 0 radical (unpaired) electrons. The predicted molar refractivity (Wildman–Crippen MR) is 173 cm³/mol. The summed E-state index contributed by atoms with van der Waals surface area (Å²) >= 11 is 0. The molecule has 2 aliphatic heterocycles. The highest BCUT2D eigenvalue weighted by molar-refractivity contribution is 5.94. The van der Waals surface area contributed by atoms with Crippen LogP contribution in [0.1, 0.15) is 75.5 Å². The Balaban J connectivity index is 0.903. The summed E-state index contributed by atoms with van der Waals surface area (Å²) in [6.07, 6.45) is 1.01. The topological polar surface area (TPSA) is 130 Å². The van der Waals surface area contributed by atoms with E-state index in [1.165, 1.54) is 12.1 Å². The number of alkyl halides is 3. The van der Waals surface area contributed by atoms with Crippen LogP contribution in [0.25, 0.3) is 5.65 Å². The average Bonchev–Trinajstić information content (AvgIpc) is 3.50. The van der Waals surface area contributed by atoms with Crippen molar-refractivity contribution in [3.8, 4) is 5.88 Å². The van der Waals surface area contributed by atoms with Crippen LogP contribution in [-0.2, 0) is 10.9 Å². The molecule has 1 saturated carbocycles. The van der Waals surface area contributed by atoms with Gasteiger partial charge in [0.2, 0.25) is 5.88 Å². The molecular weight excluding hydrogens is 643 g/mol. The van der Waals surface area contributed by atoms with Crippen molar-refractivity contribution >= 4 is 23.5 Å². The molecule has 3 fully saturated rings. The first-order valence-electron chi connectivity index (χ1n) is 17.0. The number of halogens is 3. The maximum Gasteiger partial charge on any atom is 0.453 e. The van der Waals surface area contributed by atoms with Crippen LogP contribution >= 0.6 is 0 Å². The second-order valence-electron chi connectivity index (χ2n) is 14.1. The van der Waals surface area contributed by atoms with Gasteiger partial charge in [-0.25, -0.2) is 9.78 Å². The zero-order chi connectivity index (χ0) is 34.8. The lowest BCUT2D eigenvalue weighted by Gasteiger charge is -2.39. The Hall–Kier alpha value is -4.21. The van der Waals surface area contributed by atoms with Gasteiger partial charge in [0, 0.05) is 64.1 Å². The Morgan fingerprint density at radius 3 is 2.24 bits per heavy atom. The van der Waals surface area contributed by atoms with Gasteiger partial charge in [0.25, 0.3) is 11.7 Å². The van der Waals surface area contributed by atoms with Crippen molar-refractivity contribution in [3.63, 3.8) is 0 Å². The summed E-state index contributed by atoms with van der Waals surface area (Å²) in [7, 11) is 0. The Morgan fingerprint density at radius 1 is 0.898 bits per heavy atom. The highest BCUT2D eigenvalue weighted by atomic mass is 19.4. The van der Waals surface area contributed by atoms with Crippen LogP contribution in [0.2, 0.25) is 0 Å². The number of likely N-dealkylation sites (tertiary alicyclic amines) is 1. The van der Waals surface area contributed by atoms with Crippen LogP contribution < -0.4 is 15.0 Å². The second kappa shape index (κ2) is 14.3. The smallest absolute Gasteiger partial charge is 0.453 e. The van der Waals surface area contributed by atoms with Crippen LogP contribution in [0.5, 0.6) is 5.88 Å². The fourth-order valence-electron chi connectivity index (χ4n) is 6.63. The van der Waals surface area contributed by atoms with Gasteiger partial charge in [-0.2, -0.15) is 17.7 Å². The van der Waals surface area contributed by atoms with Gasteiger partial charge in [-0.15, -0.1) is 15.3 Å². The number of anilines is 1. The molecule has 1 aliphatic carbocycles. The van der Waals surface area contributed by atoms with Crippen LogP contribution in [-0.4, -0.2) is 110 Å². The number of nitrogens with zero attached hydrogens (tertiary/aromatic N) is 8. The number of hydrogen-bond donors (Lipinski definition) is 1. The number of nitrogens with one attached hydrogen (secondary N) is 1. The number of ether oxygens (including phenoxy) is 2. The maximum atomic E-state index is 13.2. The molecule has 3 aliphatic rings. The summed E-state index contributed by atoms with van der Waals surface area (Å²) in [5.74, 6) is 0.0819. The van der Waals surface area contributed by atoms with Crippen molar-refractivity contribution in [1.29, 1.82) is 0 Å². The molecule has 0 atom stereocenters. The Bertz CT molecular complexity index is 1590. The largest absolute Gasteiger partial charge is 0.473 e. The van der Waals surface area contributed by atoms with Crippen molar-refractivity contribution in [3.05, 3.63) is 41.9 Å². The van der Waals surface area contributed by atoms with E-state index < -0.39 is 17.6 Å². The SMILES string of the molecule is CC(C)(C)OC(=O)N1CCC(CN2CCN(c3ccc(C(=O)NC4CCC(Oc5ccc6nnc(C(F)(F)F)n6n5)CC4)cn3)CC2)CC1. The number of piperazine rings is 1. The number of piperidine rings is 1. The van der Waals surface area contributed by atoms with Gasteiger partial charge in [0.05, 0.1) is 5.56 Å². The van der Waals surface area contributed by atoms with Crippen LogP contribution in [0.15, 0.2) is 30.5 Å². The lowest BCUT2D eigenvalue weighted by Crippen LogP contribution is -2.49. The number of amides is 2. The van der Waals surface area contributed by atoms with Gasteiger partial charge in [0.15, 0.2) is 5.65 Å². The molecular formula is C33H44F3N9O4. The number of rotatable bonds is 7. The third-order valence-electron chi connectivity index (χ3n) is 9.28. The van der Waals surface area contributed by atoms with Crippen molar-refractivity contribution in [2.24, 2.45) is 5.92 Å². The van der Waals surface area contributed by atoms with E-state index in [-0.39, 0.29) is 35.7 Å². The zero-order valence-corrected chi connectivity index (χ0v) is 28.2. The number of hydrogen-bond acceptors (Lipinski definition) is 10. The average molecular weight is 688 g/mol. The molecule has 13 nitrogen and oxygen atoms in total. The fraction of sp³-hybridized carbons (Fsp3) is 0.636. The molecule has 0 bridgehead atoms. The summed E-state index contributed by atoms with van der Waals surface area (Å²) in [5.41, 5.74) is -0.00559. The van der Waals surface area contributed by atoms with E-state index in [1.807, 2.05) is 31.7 Å². The molecule has 3 aromatic rings. The van der Waals surface area contributed by atoms with E-state index in [0.717, 1.165) is 64.5 Å². The quantitative estimate of drug-likeness (QED) is 0.381. The van der Waals surface area contributed by atoms with Gasteiger partial charge in [-0.05, 0) is 83.4 Å². The zero-order valence-electron chi connectivity index (χ0n) is 28.2. The molecule has 2 saturated heterocycles. The first-order chi connectivity index (χ1) is 23.3. The van der Waals surface area contributed by atoms with Gasteiger partial charge in [-0.1, -0.05) is 0 Å². The van der Waals surface area contributed by atoms with E-state index in [2.05, 4.69) is 35.4 Å². The van der Waals surface area contributed by atoms with E-state index in [4.69, 9.17) is 9.47 Å². The normalized spacial score (nSPS) is 21.5. The highest BCUT2D eigenvalue weighted by Crippen LogP contribution is 2.29. The highest BCUT2D eigenvalue weighted by Gasteiger charge is 2.38. The number of aromatic nitrogens is 5. The van der Waals surface area contributed by atoms with Gasteiger partial charge < -0.3 is 24.6 Å². The molecule has 266 valence electrons. The Labute approximate surface area is 283 Å². The van der Waals surface area contributed by atoms with E-state index >= 15 is 0 Å². The summed E-state index contributed by atoms with van der Waals surface area (Å²) < 4.78 is 51.6. The van der Waals surface area contributed by atoms with Crippen LogP contribution in [0.4, 0.5) is 23.8 Å². The van der Waals surface area contributed by atoms with Crippen LogP contribution in [0, 0.1) is 5.92 Å². The minimum Gasteiger partial charge on any atom is -0.473 e. The van der Waals surface area contributed by atoms with Crippen LogP contribution in [0.3, 0.4) is 0 Å². The number of carbonyl (C=O) groups is 2. The number of carbonyl (C=O) groups excluding carboxylic acids is 2. The van der Waals surface area contributed by atoms with Gasteiger partial charge in [-0.3, -0.25) is 9.69 Å². The molecule has 0 unspecified atom stereocenters. The molecule has 3 aromatic heterocycles. The molecule has 0 aromatic carbocycles. The first-order valence-corrected chi connectivity index (χ1v) is 17.0. The summed E-state index contributed by atoms with van der Waals surface area (Å²) in [6.45, 7) is 11.7. The molecule has 49 heavy (non-hydrogen) atoms. The molecule has 6 rings (SSSR count). The van der Waals surface area contributed by atoms with Crippen molar-refractivity contribution in [2.45, 2.75) is 83.2 Å². The van der Waals surface area contributed by atoms with E-state index in [9.17, 15) is 22.8 Å². The molecule has 1 N–H and O–H groups in total. The molecule has 0 spiro atoms. The maximum absolute atomic E-state index is 13.2. The van der Waals surface area contributed by atoms with Gasteiger partial charge in [0.1, 0.15) is 17.5 Å². The van der Waals surface area contributed by atoms with Crippen molar-refractivity contribution < 1.29 is 32.2 Å². The minimum atomic E-state index is -4.68. The Kier molecular flexibility index (Phi) is 10.1. The Morgan fingerprint density at radius 2 is 1.61 bits per heavy atom. The van der Waals surface area contributed by atoms with E-state index in [0.29, 0.717) is 41.7 Å². The van der Waals surface area contributed by atoms with Crippen molar-refractivity contribution in [2.75, 3.05) is 50.7 Å². The fourth-order valence-corrected chi connectivity index (χ4v) is 6.63. The first kappa shape index (κ1) is 34.6. The van der Waals surface area contributed by atoms with Gasteiger partial charge >= 0.3 is 12.3 Å². The molecule has 16 heteroatoms. The summed E-state index contributed by atoms with van der Waals surface area (Å²) in [4.78, 5) is 36.5. The molecule has 5 heterocycles. The third-order valence-corrected chi connectivity index (χ3v) is 9.28. The predicted octanol–water partition coefficient (Wildman–Crippen LogP) is 4.43. The minimum absolute atomic E-state index is 0.0158. The standard InChI is InChI=1S/C33H44F3N9O4/c1-32(2,3)49-31(47)44-14-12-22(13-15-44)21-42-16-18-43(19-17-42)26-9-4-23(20-37-26)29(46)38-24-5-7-25(8-6-24)48-28-11-10-27-39-40-30(33(34,35)36)45(27)41-28/h4,9-11,20,22,24-25H,5-8,12-19,21H2,1-3H3,(H,38,46). The van der Waals surface area contributed by atoms with E-state index in [1.54, 1.807) is 12.3 Å².